The predicted octanol–water partition coefficient (Wildman–Crippen LogP) is 0.162. The Morgan fingerprint density at radius 1 is 0.344 bits per heavy atom. The third kappa shape index (κ3) is 26.5. The molecule has 1 aliphatic rings. The third-order valence-electron chi connectivity index (χ3n) is 9.62. The topological polar surface area (TPSA) is 197 Å². The fraction of sp³-hybridized carbons (Fsp3) is 0.429. The van der Waals surface area contributed by atoms with E-state index in [1.807, 2.05) is 47.0 Å². The molecule has 0 N–H and O–H groups in total. The fourth-order valence-electron chi connectivity index (χ4n) is 6.64. The van der Waals surface area contributed by atoms with Crippen LogP contribution in [-0.4, -0.2) is 97.0 Å². The molecule has 0 bridgehead atoms. The van der Waals surface area contributed by atoms with Gasteiger partial charge in [0.25, 0.3) is 0 Å². The molecule has 61 heavy (non-hydrogen) atoms. The molecule has 1 fully saturated rings. The van der Waals surface area contributed by atoms with Gasteiger partial charge in [0.15, 0.2) is 0 Å². The van der Waals surface area contributed by atoms with Gasteiger partial charge in [0.05, 0.1) is 0 Å². The summed E-state index contributed by atoms with van der Waals surface area (Å²) < 4.78 is 67.9. The molecule has 4 aromatic rings. The molecule has 0 aliphatic carbocycles. The van der Waals surface area contributed by atoms with Crippen LogP contribution in [0.4, 0.5) is 0 Å². The number of thioether (sulfide) groups is 4. The molecule has 1 radical (unpaired) electrons. The molecule has 1 aliphatic heterocycles. The summed E-state index contributed by atoms with van der Waals surface area (Å²) in [6.07, 6.45) is 11.0. The van der Waals surface area contributed by atoms with E-state index in [-0.39, 0.29) is 17.1 Å². The van der Waals surface area contributed by atoms with Crippen molar-refractivity contribution in [3.8, 4) is 0 Å². The maximum Gasteiger partial charge on any atom is 2.00 e. The molecule has 1 heterocycles. The first kappa shape index (κ1) is 56.0. The molecule has 12 nitrogen and oxygen atoms in total. The molecule has 341 valence electrons. The molecule has 1 saturated heterocycles. The van der Waals surface area contributed by atoms with Crippen LogP contribution in [0.2, 0.25) is 0 Å². The van der Waals surface area contributed by atoms with Crippen LogP contribution in [0.1, 0.15) is 35.1 Å². The first-order chi connectivity index (χ1) is 28.5. The average molecular weight is 1010 g/mol. The van der Waals surface area contributed by atoms with Crippen LogP contribution in [0, 0.1) is 20.5 Å². The second-order valence-corrected chi connectivity index (χ2v) is 19.0. The zero-order valence-corrected chi connectivity index (χ0v) is 40.6. The number of nitrogens with zero attached hydrogens (tertiary/aromatic N) is 4. The van der Waals surface area contributed by atoms with E-state index in [0.29, 0.717) is 0 Å². The van der Waals surface area contributed by atoms with E-state index in [2.05, 4.69) is 142 Å². The van der Waals surface area contributed by atoms with Crippen molar-refractivity contribution in [1.82, 2.24) is 19.6 Å². The maximum absolute atomic E-state index is 8.49. The summed E-state index contributed by atoms with van der Waals surface area (Å²) in [6.45, 7) is 12.7. The van der Waals surface area contributed by atoms with E-state index in [0.717, 1.165) is 91.4 Å². The van der Waals surface area contributed by atoms with Crippen LogP contribution < -0.4 is 37.3 Å². The first-order valence-electron chi connectivity index (χ1n) is 19.2. The number of hydrogen-bond acceptors (Lipinski definition) is 16. The summed E-state index contributed by atoms with van der Waals surface area (Å²) in [7, 11) is -9.89. The molecule has 19 heteroatoms. The van der Waals surface area contributed by atoms with Gasteiger partial charge in [0, 0.05) is 71.9 Å². The monoisotopic (exact) mass is 1010 g/mol. The van der Waals surface area contributed by atoms with Crippen molar-refractivity contribution in [3.05, 3.63) is 119 Å². The van der Waals surface area contributed by atoms with Crippen molar-refractivity contribution >= 4 is 47.0 Å². The minimum absolute atomic E-state index is 0. The number of benzene rings is 4. The van der Waals surface area contributed by atoms with Gasteiger partial charge < -0.3 is 0 Å². The molecule has 0 amide bonds. The van der Waals surface area contributed by atoms with E-state index >= 15 is 0 Å². The van der Waals surface area contributed by atoms with Gasteiger partial charge >= 0.3 is 17.1 Å². The molecule has 5 rings (SSSR count). The summed E-state index contributed by atoms with van der Waals surface area (Å²) in [5, 5.41) is 0. The summed E-state index contributed by atoms with van der Waals surface area (Å²) in [5.74, 6) is 0. The molecule has 0 atom stereocenters. The van der Waals surface area contributed by atoms with Crippen molar-refractivity contribution in [1.29, 1.82) is 0 Å². The van der Waals surface area contributed by atoms with Crippen molar-refractivity contribution in [3.63, 3.8) is 0 Å². The van der Waals surface area contributed by atoms with Gasteiger partial charge in [-0.2, -0.15) is 0 Å². The molecule has 0 spiro atoms. The van der Waals surface area contributed by atoms with Crippen molar-refractivity contribution in [2.24, 2.45) is 0 Å². The normalized spacial score (nSPS) is 15.7. The fourth-order valence-corrected chi connectivity index (χ4v) is 8.27. The van der Waals surface area contributed by atoms with Gasteiger partial charge in [-0.05, 0) is 135 Å². The largest absolute Gasteiger partial charge is 2.00 e. The minimum Gasteiger partial charge on any atom is -0.298 e. The number of halogens is 2. The Morgan fingerprint density at radius 2 is 0.508 bits per heavy atom. The first-order valence-corrected chi connectivity index (χ1v) is 26.5. The molecular weight excluding hydrogens is 951 g/mol. The summed E-state index contributed by atoms with van der Waals surface area (Å²) in [6, 6.07) is 36.9. The number of rotatable bonds is 12. The van der Waals surface area contributed by atoms with E-state index in [9.17, 15) is 0 Å². The molecule has 4 aromatic carbocycles. The molecule has 0 saturated carbocycles. The molecular formula is C42H56Cl2CuN4O8S4. The zero-order chi connectivity index (χ0) is 44.0. The molecule has 0 aromatic heterocycles. The van der Waals surface area contributed by atoms with Gasteiger partial charge in [0.1, 0.15) is 0 Å². The summed E-state index contributed by atoms with van der Waals surface area (Å²) in [4.78, 5) is 16.2. The van der Waals surface area contributed by atoms with Gasteiger partial charge in [-0.25, -0.2) is 37.3 Å². The van der Waals surface area contributed by atoms with Crippen molar-refractivity contribution in [2.45, 2.75) is 58.6 Å². The van der Waals surface area contributed by atoms with Gasteiger partial charge in [-0.15, -0.1) is 67.5 Å². The Bertz CT molecular complexity index is 1490. The smallest absolute Gasteiger partial charge is 0.298 e. The minimum atomic E-state index is -4.94. The quantitative estimate of drug-likeness (QED) is 0.137. The Hall–Kier alpha value is -1.10. The van der Waals surface area contributed by atoms with Gasteiger partial charge in [0.2, 0.25) is 0 Å². The average Bonchev–Trinajstić information content (AvgIpc) is 3.21. The van der Waals surface area contributed by atoms with E-state index in [1.54, 1.807) is 0 Å². The van der Waals surface area contributed by atoms with Crippen LogP contribution in [0.25, 0.3) is 0 Å². The van der Waals surface area contributed by atoms with Crippen LogP contribution in [0.5, 0.6) is 0 Å². The SMILES string of the molecule is CSc1ccc(CN2CCCN(Cc3ccc(SC)cc3)CCN(Cc3ccc(SC)cc3)CCCN(Cc3ccc(SC)cc3)CC2)cc1.[Cu+2].[O-][Cl+3]([O-])([O-])[O-].[O-][Cl+3]([O-])([O-])[O-]. The Balaban J connectivity index is 0.00000104. The standard InChI is InChI=1S/C42H56N4S4.2ClHO4.Cu/c1-47-39-15-7-35(8-16-39)31-43-23-5-24-45(33-37-11-19-41(49-3)20-12-37)29-30-46(34-38-13-21-42(50-4)22-14-38)26-6-25-44(28-27-43)32-36-9-17-40(48-2)18-10-36;2*2-1(3,4)5;/h7-22H,5-6,23-34H2,1-4H3;2*(H,2,3,4,5);/q;;;+2/p-2. The molecule has 0 unspecified atom stereocenters. The predicted molar refractivity (Wildman–Crippen MR) is 223 cm³/mol. The van der Waals surface area contributed by atoms with Gasteiger partial charge in [-0.3, -0.25) is 19.6 Å². The van der Waals surface area contributed by atoms with Gasteiger partial charge in [-0.1, -0.05) is 48.5 Å². The summed E-state index contributed by atoms with van der Waals surface area (Å²) in [5.41, 5.74) is 5.65. The van der Waals surface area contributed by atoms with Crippen molar-refractivity contribution < 1.29 is 74.8 Å². The maximum atomic E-state index is 8.49. The van der Waals surface area contributed by atoms with E-state index in [1.165, 1.54) is 41.8 Å². The third-order valence-corrected chi connectivity index (χ3v) is 12.6. The van der Waals surface area contributed by atoms with Crippen LogP contribution in [-0.2, 0) is 43.2 Å². The van der Waals surface area contributed by atoms with Crippen molar-refractivity contribution in [2.75, 3.05) is 77.4 Å². The Morgan fingerprint density at radius 3 is 0.656 bits per heavy atom. The van der Waals surface area contributed by atoms with E-state index in [4.69, 9.17) is 37.3 Å². The van der Waals surface area contributed by atoms with Crippen LogP contribution >= 0.6 is 47.0 Å². The number of hydrogen-bond donors (Lipinski definition) is 0. The second-order valence-electron chi connectivity index (χ2n) is 14.0. The van der Waals surface area contributed by atoms with Crippen LogP contribution in [0.15, 0.2) is 117 Å². The Kier molecular flexibility index (Phi) is 27.7. The van der Waals surface area contributed by atoms with E-state index < -0.39 is 20.5 Å². The summed E-state index contributed by atoms with van der Waals surface area (Å²) >= 11 is 7.27. The Labute approximate surface area is 394 Å². The zero-order valence-electron chi connectivity index (χ0n) is 34.9. The second kappa shape index (κ2) is 30.2. The van der Waals surface area contributed by atoms with Crippen LogP contribution in [0.3, 0.4) is 0 Å².